The Morgan fingerprint density at radius 3 is 2.78 bits per heavy atom. The smallest absolute Gasteiger partial charge is 0.136 e. The number of aromatic hydroxyl groups is 1. The standard InChI is InChI=1S/C21H30O2/c1-13(2)5-8-18-14(3)20(23)12-19-17-7-6-16(22)11-15(17)9-10-21(18,19)4/h6-7,11,13-14,18-19,22H,5,8-10,12H2,1-4H3/t14-,18+,19-,21+/m1/s1. The average molecular weight is 314 g/mol. The highest BCUT2D eigenvalue weighted by Gasteiger charge is 2.52. The summed E-state index contributed by atoms with van der Waals surface area (Å²) in [5, 5.41) is 9.77. The van der Waals surface area contributed by atoms with Gasteiger partial charge in [-0.15, -0.1) is 0 Å². The first kappa shape index (κ1) is 16.5. The van der Waals surface area contributed by atoms with E-state index < -0.39 is 0 Å². The van der Waals surface area contributed by atoms with Crippen LogP contribution in [0.3, 0.4) is 0 Å². The molecule has 0 spiro atoms. The zero-order valence-electron chi connectivity index (χ0n) is 14.9. The van der Waals surface area contributed by atoms with Crippen molar-refractivity contribution in [2.75, 3.05) is 0 Å². The van der Waals surface area contributed by atoms with Gasteiger partial charge in [-0.1, -0.05) is 40.2 Å². The molecule has 0 radical (unpaired) electrons. The van der Waals surface area contributed by atoms with Crippen molar-refractivity contribution >= 4 is 5.78 Å². The molecule has 0 bridgehead atoms. The van der Waals surface area contributed by atoms with Crippen molar-refractivity contribution in [1.29, 1.82) is 0 Å². The third-order valence-corrected chi connectivity index (χ3v) is 6.65. The van der Waals surface area contributed by atoms with Gasteiger partial charge in [-0.3, -0.25) is 4.79 Å². The van der Waals surface area contributed by atoms with Crippen LogP contribution in [0.4, 0.5) is 0 Å². The first-order valence-corrected chi connectivity index (χ1v) is 9.17. The fourth-order valence-electron chi connectivity index (χ4n) is 5.14. The molecule has 2 nitrogen and oxygen atoms in total. The van der Waals surface area contributed by atoms with Crippen LogP contribution in [0.25, 0.3) is 0 Å². The summed E-state index contributed by atoms with van der Waals surface area (Å²) in [7, 11) is 0. The largest absolute Gasteiger partial charge is 0.508 e. The predicted octanol–water partition coefficient (Wildman–Crippen LogP) is 5.09. The molecule has 2 aliphatic rings. The number of phenolic OH excluding ortho intramolecular Hbond substituents is 1. The van der Waals surface area contributed by atoms with E-state index in [1.807, 2.05) is 6.07 Å². The van der Waals surface area contributed by atoms with Crippen LogP contribution in [0.15, 0.2) is 18.2 Å². The van der Waals surface area contributed by atoms with E-state index >= 15 is 0 Å². The Morgan fingerprint density at radius 1 is 1.35 bits per heavy atom. The van der Waals surface area contributed by atoms with Crippen molar-refractivity contribution in [3.8, 4) is 5.75 Å². The summed E-state index contributed by atoms with van der Waals surface area (Å²) in [5.74, 6) is 2.47. The van der Waals surface area contributed by atoms with Gasteiger partial charge in [0.15, 0.2) is 0 Å². The van der Waals surface area contributed by atoms with E-state index in [2.05, 4.69) is 33.8 Å². The SMILES string of the molecule is CC(C)CC[C@H]1[C@@H](C)C(=O)C[C@@H]2c3ccc(O)cc3CC[C@]21C. The molecule has 3 rings (SSSR count). The number of hydrogen-bond donors (Lipinski definition) is 1. The molecule has 23 heavy (non-hydrogen) atoms. The summed E-state index contributed by atoms with van der Waals surface area (Å²) in [6, 6.07) is 5.76. The monoisotopic (exact) mass is 314 g/mol. The van der Waals surface area contributed by atoms with Crippen LogP contribution in [-0.2, 0) is 11.2 Å². The van der Waals surface area contributed by atoms with Gasteiger partial charge in [-0.25, -0.2) is 0 Å². The van der Waals surface area contributed by atoms with E-state index in [0.717, 1.165) is 19.3 Å². The number of phenols is 1. The molecule has 0 saturated heterocycles. The number of carbonyl (C=O) groups is 1. The van der Waals surface area contributed by atoms with Crippen molar-refractivity contribution < 1.29 is 9.90 Å². The van der Waals surface area contributed by atoms with Crippen LogP contribution in [0.5, 0.6) is 5.75 Å². The number of rotatable bonds is 3. The molecular weight excluding hydrogens is 284 g/mol. The van der Waals surface area contributed by atoms with Crippen LogP contribution in [0, 0.1) is 23.2 Å². The molecule has 1 N–H and O–H groups in total. The summed E-state index contributed by atoms with van der Waals surface area (Å²) in [6.45, 7) is 9.12. The maximum Gasteiger partial charge on any atom is 0.136 e. The molecule has 0 amide bonds. The molecule has 1 aromatic carbocycles. The second-order valence-corrected chi connectivity index (χ2v) is 8.48. The van der Waals surface area contributed by atoms with Crippen LogP contribution in [-0.4, -0.2) is 10.9 Å². The Bertz CT molecular complexity index is 604. The van der Waals surface area contributed by atoms with E-state index in [0.29, 0.717) is 35.7 Å². The van der Waals surface area contributed by atoms with Crippen LogP contribution in [0.1, 0.15) is 70.4 Å². The Kier molecular flexibility index (Phi) is 4.29. The Balaban J connectivity index is 1.98. The van der Waals surface area contributed by atoms with Crippen molar-refractivity contribution in [3.63, 3.8) is 0 Å². The van der Waals surface area contributed by atoms with Gasteiger partial charge < -0.3 is 5.11 Å². The van der Waals surface area contributed by atoms with Gasteiger partial charge in [0.1, 0.15) is 11.5 Å². The number of ketones is 1. The maximum atomic E-state index is 12.7. The lowest BCUT2D eigenvalue weighted by Crippen LogP contribution is -2.48. The van der Waals surface area contributed by atoms with E-state index in [9.17, 15) is 9.90 Å². The molecule has 4 atom stereocenters. The van der Waals surface area contributed by atoms with E-state index in [1.54, 1.807) is 6.07 Å². The third kappa shape index (κ3) is 2.81. The minimum atomic E-state index is 0.189. The van der Waals surface area contributed by atoms with Gasteiger partial charge in [-0.2, -0.15) is 0 Å². The average Bonchev–Trinajstić information content (AvgIpc) is 2.48. The van der Waals surface area contributed by atoms with Gasteiger partial charge in [0, 0.05) is 12.3 Å². The molecular formula is C21H30O2. The Hall–Kier alpha value is -1.31. The lowest BCUT2D eigenvalue weighted by atomic mass is 9.50. The number of Topliss-reactive ketones (excluding diaryl/α,β-unsaturated/α-hetero) is 1. The third-order valence-electron chi connectivity index (χ3n) is 6.65. The summed E-state index contributed by atoms with van der Waals surface area (Å²) >= 11 is 0. The quantitative estimate of drug-likeness (QED) is 0.843. The molecule has 1 fully saturated rings. The molecule has 2 aliphatic carbocycles. The van der Waals surface area contributed by atoms with Crippen LogP contribution in [0.2, 0.25) is 0 Å². The van der Waals surface area contributed by atoms with E-state index in [1.165, 1.54) is 17.5 Å². The molecule has 2 heteroatoms. The number of fused-ring (bicyclic) bond motifs is 3. The van der Waals surface area contributed by atoms with Crippen LogP contribution >= 0.6 is 0 Å². The summed E-state index contributed by atoms with van der Waals surface area (Å²) in [5.41, 5.74) is 2.77. The van der Waals surface area contributed by atoms with Crippen LogP contribution < -0.4 is 0 Å². The Labute approximate surface area is 140 Å². The molecule has 0 aliphatic heterocycles. The van der Waals surface area contributed by atoms with Crippen molar-refractivity contribution in [2.24, 2.45) is 23.2 Å². The molecule has 126 valence electrons. The second-order valence-electron chi connectivity index (χ2n) is 8.48. The van der Waals surface area contributed by atoms with Gasteiger partial charge in [0.25, 0.3) is 0 Å². The van der Waals surface area contributed by atoms with Crippen molar-refractivity contribution in [1.82, 2.24) is 0 Å². The fourth-order valence-corrected chi connectivity index (χ4v) is 5.14. The van der Waals surface area contributed by atoms with Gasteiger partial charge in [0.2, 0.25) is 0 Å². The molecule has 0 unspecified atom stereocenters. The highest BCUT2D eigenvalue weighted by Crippen LogP contribution is 2.58. The topological polar surface area (TPSA) is 37.3 Å². The van der Waals surface area contributed by atoms with E-state index in [-0.39, 0.29) is 11.3 Å². The fraction of sp³-hybridized carbons (Fsp3) is 0.667. The predicted molar refractivity (Wildman–Crippen MR) is 93.6 cm³/mol. The zero-order chi connectivity index (χ0) is 16.8. The second kappa shape index (κ2) is 5.96. The number of aryl methyl sites for hydroxylation is 1. The normalized spacial score (nSPS) is 33.4. The van der Waals surface area contributed by atoms with Gasteiger partial charge >= 0.3 is 0 Å². The van der Waals surface area contributed by atoms with Crippen molar-refractivity contribution in [3.05, 3.63) is 29.3 Å². The summed E-state index contributed by atoms with van der Waals surface area (Å²) < 4.78 is 0. The maximum absolute atomic E-state index is 12.7. The van der Waals surface area contributed by atoms with Gasteiger partial charge in [0.05, 0.1) is 0 Å². The summed E-state index contributed by atoms with van der Waals surface area (Å²) in [6.07, 6.45) is 5.19. The molecule has 0 heterocycles. The Morgan fingerprint density at radius 2 is 2.09 bits per heavy atom. The first-order chi connectivity index (χ1) is 10.8. The number of benzene rings is 1. The zero-order valence-corrected chi connectivity index (χ0v) is 14.9. The first-order valence-electron chi connectivity index (χ1n) is 9.17. The molecule has 1 saturated carbocycles. The number of hydrogen-bond acceptors (Lipinski definition) is 2. The van der Waals surface area contributed by atoms with Crippen molar-refractivity contribution in [2.45, 2.75) is 65.7 Å². The lowest BCUT2D eigenvalue weighted by molar-refractivity contribution is -0.133. The minimum Gasteiger partial charge on any atom is -0.508 e. The summed E-state index contributed by atoms with van der Waals surface area (Å²) in [4.78, 5) is 12.7. The highest BCUT2D eigenvalue weighted by molar-refractivity contribution is 5.83. The lowest BCUT2D eigenvalue weighted by Gasteiger charge is -2.53. The van der Waals surface area contributed by atoms with E-state index in [4.69, 9.17) is 0 Å². The highest BCUT2D eigenvalue weighted by atomic mass is 16.3. The molecule has 0 aromatic heterocycles. The number of carbonyl (C=O) groups excluding carboxylic acids is 1. The molecule has 1 aromatic rings. The van der Waals surface area contributed by atoms with Gasteiger partial charge in [-0.05, 0) is 65.7 Å². The minimum absolute atomic E-state index is 0.189.